The van der Waals surface area contributed by atoms with Gasteiger partial charge in [0.15, 0.2) is 0 Å². The minimum Gasteiger partial charge on any atom is -0.333 e. The third-order valence-electron chi connectivity index (χ3n) is 5.86. The summed E-state index contributed by atoms with van der Waals surface area (Å²) in [5.74, 6) is 2.32. The molecule has 0 bridgehead atoms. The Bertz CT molecular complexity index is 785. The zero-order chi connectivity index (χ0) is 19.3. The van der Waals surface area contributed by atoms with E-state index < -0.39 is 0 Å². The van der Waals surface area contributed by atoms with Crippen LogP contribution >= 0.6 is 11.8 Å². The van der Waals surface area contributed by atoms with E-state index in [0.29, 0.717) is 0 Å². The fraction of sp³-hybridized carbons (Fsp3) is 0.545. The van der Waals surface area contributed by atoms with Gasteiger partial charge in [0.2, 0.25) is 0 Å². The number of aromatic nitrogens is 2. The lowest BCUT2D eigenvalue weighted by molar-refractivity contribution is 0.0645. The standard InChI is InChI=1S/C22H30N4OS/c1-18-21(15-23-26(18)19-9-4-2-5-10-19)22(27)25-13-8-14-28-17-20(25)16-24-11-6-3-7-12-24/h2,4-5,9-10,15,20H,3,6-8,11-14,16-17H2,1H3/t20-/m1/s1. The maximum absolute atomic E-state index is 13.5. The van der Waals surface area contributed by atoms with Crippen LogP contribution in [0.3, 0.4) is 0 Å². The van der Waals surface area contributed by atoms with Crippen LogP contribution < -0.4 is 0 Å². The average Bonchev–Trinajstić information content (AvgIpc) is 2.97. The van der Waals surface area contributed by atoms with E-state index in [9.17, 15) is 4.79 Å². The fourth-order valence-electron chi connectivity index (χ4n) is 4.29. The molecule has 4 rings (SSSR count). The van der Waals surface area contributed by atoms with Gasteiger partial charge in [0.05, 0.1) is 29.2 Å². The molecule has 1 aromatic heterocycles. The summed E-state index contributed by atoms with van der Waals surface area (Å²) in [6, 6.07) is 10.3. The summed E-state index contributed by atoms with van der Waals surface area (Å²) in [6.45, 7) is 6.20. The number of likely N-dealkylation sites (tertiary alicyclic amines) is 1. The molecule has 1 amide bonds. The number of para-hydroxylation sites is 1. The first-order valence-electron chi connectivity index (χ1n) is 10.4. The van der Waals surface area contributed by atoms with Crippen LogP contribution in [0.25, 0.3) is 5.69 Å². The molecular weight excluding hydrogens is 368 g/mol. The zero-order valence-corrected chi connectivity index (χ0v) is 17.5. The summed E-state index contributed by atoms with van der Waals surface area (Å²) in [5.41, 5.74) is 2.65. The molecule has 0 unspecified atom stereocenters. The highest BCUT2D eigenvalue weighted by atomic mass is 32.2. The Morgan fingerprint density at radius 2 is 1.89 bits per heavy atom. The molecule has 2 fully saturated rings. The van der Waals surface area contributed by atoms with Crippen molar-refractivity contribution in [2.75, 3.05) is 37.7 Å². The van der Waals surface area contributed by atoms with Gasteiger partial charge < -0.3 is 9.80 Å². The Labute approximate surface area is 172 Å². The Morgan fingerprint density at radius 3 is 2.68 bits per heavy atom. The molecule has 2 aliphatic rings. The lowest BCUT2D eigenvalue weighted by Crippen LogP contribution is -2.49. The summed E-state index contributed by atoms with van der Waals surface area (Å²) in [5, 5.41) is 4.52. The zero-order valence-electron chi connectivity index (χ0n) is 16.7. The van der Waals surface area contributed by atoms with Gasteiger partial charge in [0.1, 0.15) is 0 Å². The van der Waals surface area contributed by atoms with Crippen molar-refractivity contribution in [1.82, 2.24) is 19.6 Å². The summed E-state index contributed by atoms with van der Waals surface area (Å²) in [7, 11) is 0. The number of hydrogen-bond acceptors (Lipinski definition) is 4. The summed E-state index contributed by atoms with van der Waals surface area (Å²) >= 11 is 1.99. The van der Waals surface area contributed by atoms with E-state index in [0.717, 1.165) is 48.0 Å². The van der Waals surface area contributed by atoms with Gasteiger partial charge >= 0.3 is 0 Å². The minimum atomic E-state index is 0.143. The van der Waals surface area contributed by atoms with Gasteiger partial charge in [0, 0.05) is 18.8 Å². The normalized spacial score (nSPS) is 21.5. The molecule has 0 N–H and O–H groups in total. The number of rotatable bonds is 4. The predicted octanol–water partition coefficient (Wildman–Crippen LogP) is 3.61. The van der Waals surface area contributed by atoms with Crippen LogP contribution in [0, 0.1) is 6.92 Å². The Kier molecular flexibility index (Phi) is 6.37. The van der Waals surface area contributed by atoms with E-state index in [-0.39, 0.29) is 11.9 Å². The number of thioether (sulfide) groups is 1. The monoisotopic (exact) mass is 398 g/mol. The Morgan fingerprint density at radius 1 is 1.11 bits per heavy atom. The maximum Gasteiger partial charge on any atom is 0.257 e. The first-order valence-corrected chi connectivity index (χ1v) is 11.6. The van der Waals surface area contributed by atoms with Crippen LogP contribution in [0.15, 0.2) is 36.5 Å². The highest BCUT2D eigenvalue weighted by Gasteiger charge is 2.30. The molecule has 6 heteroatoms. The van der Waals surface area contributed by atoms with Crippen molar-refractivity contribution >= 4 is 17.7 Å². The molecule has 2 aliphatic heterocycles. The van der Waals surface area contributed by atoms with Gasteiger partial charge in [0.25, 0.3) is 5.91 Å². The molecule has 0 saturated carbocycles. The van der Waals surface area contributed by atoms with Crippen molar-refractivity contribution in [2.24, 2.45) is 0 Å². The topological polar surface area (TPSA) is 41.4 Å². The Balaban J connectivity index is 1.55. The van der Waals surface area contributed by atoms with Crippen LogP contribution in [-0.2, 0) is 0 Å². The molecule has 2 aromatic rings. The van der Waals surface area contributed by atoms with Crippen LogP contribution in [0.5, 0.6) is 0 Å². The number of amides is 1. The number of benzene rings is 1. The second-order valence-electron chi connectivity index (χ2n) is 7.83. The minimum absolute atomic E-state index is 0.143. The van der Waals surface area contributed by atoms with E-state index in [1.165, 1.54) is 32.4 Å². The molecule has 1 aromatic carbocycles. The van der Waals surface area contributed by atoms with Crippen molar-refractivity contribution in [3.05, 3.63) is 47.8 Å². The molecule has 3 heterocycles. The number of nitrogens with zero attached hydrogens (tertiary/aromatic N) is 4. The molecule has 5 nitrogen and oxygen atoms in total. The van der Waals surface area contributed by atoms with E-state index in [1.807, 2.05) is 53.7 Å². The average molecular weight is 399 g/mol. The van der Waals surface area contributed by atoms with Gasteiger partial charge in [-0.25, -0.2) is 4.68 Å². The summed E-state index contributed by atoms with van der Waals surface area (Å²) in [6.07, 6.45) is 6.74. The molecule has 0 radical (unpaired) electrons. The SMILES string of the molecule is Cc1c(C(=O)N2CCCSC[C@H]2CN2CCCCC2)cnn1-c1ccccc1. The molecule has 150 valence electrons. The quantitative estimate of drug-likeness (QED) is 0.789. The van der Waals surface area contributed by atoms with E-state index in [2.05, 4.69) is 14.9 Å². The van der Waals surface area contributed by atoms with Crippen molar-refractivity contribution in [2.45, 2.75) is 38.6 Å². The number of piperidine rings is 1. The lowest BCUT2D eigenvalue weighted by atomic mass is 10.1. The number of carbonyl (C=O) groups excluding carboxylic acids is 1. The van der Waals surface area contributed by atoms with Crippen LogP contribution in [-0.4, -0.2) is 69.2 Å². The molecule has 0 spiro atoms. The van der Waals surface area contributed by atoms with Crippen LogP contribution in [0.1, 0.15) is 41.7 Å². The van der Waals surface area contributed by atoms with Gasteiger partial charge in [-0.15, -0.1) is 0 Å². The molecule has 0 aliphatic carbocycles. The van der Waals surface area contributed by atoms with Gasteiger partial charge in [-0.05, 0) is 57.2 Å². The highest BCUT2D eigenvalue weighted by molar-refractivity contribution is 7.99. The second-order valence-corrected chi connectivity index (χ2v) is 8.98. The fourth-order valence-corrected chi connectivity index (χ4v) is 5.35. The van der Waals surface area contributed by atoms with E-state index in [1.54, 1.807) is 6.20 Å². The first kappa shape index (κ1) is 19.5. The van der Waals surface area contributed by atoms with E-state index >= 15 is 0 Å². The Hall–Kier alpha value is -1.79. The first-order chi connectivity index (χ1) is 13.7. The summed E-state index contributed by atoms with van der Waals surface area (Å²) in [4.78, 5) is 18.2. The van der Waals surface area contributed by atoms with Gasteiger partial charge in [-0.2, -0.15) is 16.9 Å². The van der Waals surface area contributed by atoms with Crippen molar-refractivity contribution in [3.8, 4) is 5.69 Å². The molecule has 1 atom stereocenters. The number of hydrogen-bond donors (Lipinski definition) is 0. The molecule has 2 saturated heterocycles. The smallest absolute Gasteiger partial charge is 0.257 e. The van der Waals surface area contributed by atoms with Crippen LogP contribution in [0.2, 0.25) is 0 Å². The molecule has 28 heavy (non-hydrogen) atoms. The largest absolute Gasteiger partial charge is 0.333 e. The van der Waals surface area contributed by atoms with Crippen LogP contribution in [0.4, 0.5) is 0 Å². The van der Waals surface area contributed by atoms with Crippen molar-refractivity contribution in [1.29, 1.82) is 0 Å². The predicted molar refractivity (Wildman–Crippen MR) is 115 cm³/mol. The maximum atomic E-state index is 13.5. The third-order valence-corrected chi connectivity index (χ3v) is 7.06. The van der Waals surface area contributed by atoms with Gasteiger partial charge in [-0.3, -0.25) is 4.79 Å². The van der Waals surface area contributed by atoms with Gasteiger partial charge in [-0.1, -0.05) is 24.6 Å². The summed E-state index contributed by atoms with van der Waals surface area (Å²) < 4.78 is 1.87. The highest BCUT2D eigenvalue weighted by Crippen LogP contribution is 2.23. The molecular formula is C22H30N4OS. The van der Waals surface area contributed by atoms with Crippen molar-refractivity contribution in [3.63, 3.8) is 0 Å². The second kappa shape index (κ2) is 9.14. The number of carbonyl (C=O) groups is 1. The third kappa shape index (κ3) is 4.28. The van der Waals surface area contributed by atoms with E-state index in [4.69, 9.17) is 0 Å². The lowest BCUT2D eigenvalue weighted by Gasteiger charge is -2.35. The van der Waals surface area contributed by atoms with Crippen molar-refractivity contribution < 1.29 is 4.79 Å².